The van der Waals surface area contributed by atoms with E-state index in [1.807, 2.05) is 19.9 Å². The summed E-state index contributed by atoms with van der Waals surface area (Å²) in [5.74, 6) is 0. The monoisotopic (exact) mass is 387 g/mol. The minimum Gasteiger partial charge on any atom is -0.0987 e. The van der Waals surface area contributed by atoms with Gasteiger partial charge in [-0.25, -0.2) is 0 Å². The van der Waals surface area contributed by atoms with Crippen LogP contribution in [0.25, 0.3) is 0 Å². The van der Waals surface area contributed by atoms with Crippen LogP contribution in [0.4, 0.5) is 0 Å². The van der Waals surface area contributed by atoms with Crippen molar-refractivity contribution in [1.29, 1.82) is 0 Å². The van der Waals surface area contributed by atoms with Crippen LogP contribution in [0.1, 0.15) is 27.2 Å². The average Bonchev–Trinajstić information content (AvgIpc) is 2.80. The first-order chi connectivity index (χ1) is 13.8. The van der Waals surface area contributed by atoms with Crippen LogP contribution >= 0.6 is 7.26 Å². The van der Waals surface area contributed by atoms with Crippen LogP contribution in [0.3, 0.4) is 0 Å². The number of rotatable bonds is 7. The molecule has 0 spiro atoms. The van der Waals surface area contributed by atoms with Gasteiger partial charge in [-0.3, -0.25) is 0 Å². The molecule has 28 heavy (non-hydrogen) atoms. The lowest BCUT2D eigenvalue weighted by atomic mass is 10.2. The lowest BCUT2D eigenvalue weighted by molar-refractivity contribution is 1.20. The van der Waals surface area contributed by atoms with E-state index < -0.39 is 7.26 Å². The van der Waals surface area contributed by atoms with Crippen LogP contribution in [0.15, 0.2) is 115 Å². The quantitative estimate of drug-likeness (QED) is 0.319. The van der Waals surface area contributed by atoms with Crippen molar-refractivity contribution in [2.75, 3.05) is 6.16 Å². The fraction of sp³-hybridized carbons (Fsp3) is 0.185. The summed E-state index contributed by atoms with van der Waals surface area (Å²) in [6.45, 7) is 10.3. The Morgan fingerprint density at radius 2 is 1.07 bits per heavy atom. The normalized spacial score (nSPS) is 11.3. The molecule has 0 saturated heterocycles. The van der Waals surface area contributed by atoms with Gasteiger partial charge in [0.1, 0.15) is 23.2 Å². The molecule has 0 heterocycles. The van der Waals surface area contributed by atoms with Crippen molar-refractivity contribution in [3.63, 3.8) is 0 Å². The molecule has 0 radical (unpaired) electrons. The molecule has 0 atom stereocenters. The van der Waals surface area contributed by atoms with Crippen LogP contribution in [-0.4, -0.2) is 6.16 Å². The van der Waals surface area contributed by atoms with Crippen molar-refractivity contribution in [3.8, 4) is 0 Å². The minimum atomic E-state index is -1.80. The second kappa shape index (κ2) is 11.4. The topological polar surface area (TPSA) is 0 Å². The maximum Gasteiger partial charge on any atom is 0.116 e. The molecule has 0 aliphatic heterocycles. The van der Waals surface area contributed by atoms with Crippen molar-refractivity contribution >= 4 is 23.2 Å². The summed E-state index contributed by atoms with van der Waals surface area (Å²) in [7, 11) is -1.80. The van der Waals surface area contributed by atoms with Gasteiger partial charge in [0.25, 0.3) is 0 Å². The highest BCUT2D eigenvalue weighted by Crippen LogP contribution is 2.56. The molecule has 3 aromatic rings. The fourth-order valence-corrected chi connectivity index (χ4v) is 7.81. The molecule has 0 bridgehead atoms. The Hall–Kier alpha value is -2.43. The fourth-order valence-electron chi connectivity index (χ4n) is 3.52. The highest BCUT2D eigenvalue weighted by molar-refractivity contribution is 7.95. The molecule has 3 aromatic carbocycles. The summed E-state index contributed by atoms with van der Waals surface area (Å²) in [5, 5.41) is 4.25. The second-order valence-corrected chi connectivity index (χ2v) is 9.85. The summed E-state index contributed by atoms with van der Waals surface area (Å²) in [4.78, 5) is 0. The Morgan fingerprint density at radius 1 is 0.714 bits per heavy atom. The molecule has 0 saturated carbocycles. The maximum atomic E-state index is 4.09. The molecular weight excluding hydrogens is 355 g/mol. The van der Waals surface area contributed by atoms with E-state index in [0.29, 0.717) is 0 Å². The lowest BCUT2D eigenvalue weighted by Crippen LogP contribution is -2.33. The highest BCUT2D eigenvalue weighted by Gasteiger charge is 2.45. The Balaban J connectivity index is 0.00000136. The van der Waals surface area contributed by atoms with Gasteiger partial charge in [0, 0.05) is 0 Å². The second-order valence-electron chi connectivity index (χ2n) is 6.37. The van der Waals surface area contributed by atoms with Crippen LogP contribution in [-0.2, 0) is 0 Å². The van der Waals surface area contributed by atoms with E-state index in [4.69, 9.17) is 0 Å². The molecule has 1 heteroatoms. The van der Waals surface area contributed by atoms with Crippen molar-refractivity contribution < 1.29 is 0 Å². The largest absolute Gasteiger partial charge is 0.116 e. The first-order valence-corrected chi connectivity index (χ1v) is 12.1. The third kappa shape index (κ3) is 4.89. The van der Waals surface area contributed by atoms with Crippen molar-refractivity contribution in [3.05, 3.63) is 115 Å². The Kier molecular flexibility index (Phi) is 8.92. The first kappa shape index (κ1) is 21.9. The van der Waals surface area contributed by atoms with Gasteiger partial charge >= 0.3 is 0 Å². The van der Waals surface area contributed by atoms with Crippen LogP contribution in [0.5, 0.6) is 0 Å². The standard InChI is InChI=1S/C25H26P.C2H6/c1-3-14-22(4-2)21-26(23-15-8-5-9-16-23,24-17-10-6-11-18-24)25-19-12-7-13-20-25;1-2/h4-20H,2-3,21H2,1H3;1-2H3/q+1;/b22-14+;. The number of allylic oxidation sites excluding steroid dienone is 3. The predicted molar refractivity (Wildman–Crippen MR) is 130 cm³/mol. The molecule has 0 aliphatic rings. The van der Waals surface area contributed by atoms with E-state index in [0.717, 1.165) is 12.6 Å². The van der Waals surface area contributed by atoms with Crippen LogP contribution in [0, 0.1) is 0 Å². The first-order valence-electron chi connectivity index (χ1n) is 10.2. The molecule has 0 amide bonds. The van der Waals surface area contributed by atoms with E-state index in [2.05, 4.69) is 111 Å². The van der Waals surface area contributed by atoms with Crippen LogP contribution < -0.4 is 15.9 Å². The Labute approximate surface area is 172 Å². The SMILES string of the molecule is C=C/C(=C\CC)C[P+](c1ccccc1)(c1ccccc1)c1ccccc1.CC. The average molecular weight is 388 g/mol. The van der Waals surface area contributed by atoms with Gasteiger partial charge in [-0.1, -0.05) is 94.1 Å². The molecule has 0 fully saturated rings. The molecule has 0 N–H and O–H groups in total. The smallest absolute Gasteiger partial charge is 0.0987 e. The molecule has 3 rings (SSSR count). The zero-order valence-electron chi connectivity index (χ0n) is 17.4. The predicted octanol–water partition coefficient (Wildman–Crippen LogP) is 6.53. The van der Waals surface area contributed by atoms with Gasteiger partial charge in [0.2, 0.25) is 0 Å². The molecule has 0 aliphatic carbocycles. The van der Waals surface area contributed by atoms with E-state index in [1.165, 1.54) is 21.5 Å². The van der Waals surface area contributed by atoms with Gasteiger partial charge in [-0.2, -0.15) is 0 Å². The molecule has 144 valence electrons. The summed E-state index contributed by atoms with van der Waals surface area (Å²) < 4.78 is 0. The third-order valence-electron chi connectivity index (χ3n) is 4.74. The van der Waals surface area contributed by atoms with Crippen LogP contribution in [0.2, 0.25) is 0 Å². The van der Waals surface area contributed by atoms with E-state index in [-0.39, 0.29) is 0 Å². The zero-order chi connectivity index (χ0) is 20.2. The van der Waals surface area contributed by atoms with Gasteiger partial charge in [0.05, 0.1) is 6.16 Å². The minimum absolute atomic E-state index is 1.00. The molecule has 0 nitrogen and oxygen atoms in total. The van der Waals surface area contributed by atoms with Gasteiger partial charge < -0.3 is 0 Å². The molecule has 0 unspecified atom stereocenters. The maximum absolute atomic E-state index is 4.09. The summed E-state index contributed by atoms with van der Waals surface area (Å²) >= 11 is 0. The summed E-state index contributed by atoms with van der Waals surface area (Å²) in [6, 6.07) is 33.0. The van der Waals surface area contributed by atoms with Gasteiger partial charge in [-0.15, -0.1) is 0 Å². The van der Waals surface area contributed by atoms with Crippen molar-refractivity contribution in [2.24, 2.45) is 0 Å². The van der Waals surface area contributed by atoms with E-state index in [9.17, 15) is 0 Å². The van der Waals surface area contributed by atoms with Crippen molar-refractivity contribution in [2.45, 2.75) is 27.2 Å². The Bertz CT molecular complexity index is 752. The van der Waals surface area contributed by atoms with E-state index >= 15 is 0 Å². The molecular formula is C27H32P+. The Morgan fingerprint density at radius 3 is 1.36 bits per heavy atom. The number of benzene rings is 3. The number of hydrogen-bond acceptors (Lipinski definition) is 0. The van der Waals surface area contributed by atoms with Gasteiger partial charge in [0.15, 0.2) is 0 Å². The van der Waals surface area contributed by atoms with E-state index in [1.54, 1.807) is 0 Å². The lowest BCUT2D eigenvalue weighted by Gasteiger charge is -2.28. The third-order valence-corrected chi connectivity index (χ3v) is 9.12. The molecule has 0 aromatic heterocycles. The summed E-state index contributed by atoms with van der Waals surface area (Å²) in [5.41, 5.74) is 1.33. The zero-order valence-corrected chi connectivity index (χ0v) is 18.3. The highest BCUT2D eigenvalue weighted by atomic mass is 31.2. The van der Waals surface area contributed by atoms with Gasteiger partial charge in [-0.05, 0) is 48.4 Å². The van der Waals surface area contributed by atoms with Crippen molar-refractivity contribution in [1.82, 2.24) is 0 Å². The summed E-state index contributed by atoms with van der Waals surface area (Å²) in [6.07, 6.45) is 6.38. The number of hydrogen-bond donors (Lipinski definition) is 0.